The van der Waals surface area contributed by atoms with Gasteiger partial charge in [0.2, 0.25) is 0 Å². The molecule has 1 fully saturated rings. The van der Waals surface area contributed by atoms with E-state index < -0.39 is 5.60 Å². The van der Waals surface area contributed by atoms with Gasteiger partial charge >= 0.3 is 0 Å². The number of nitrogens with one attached hydrogen (secondary N) is 2. The SMILES string of the molecule is CCC1CCC(O)(CNC(C)c2ccn[nH]2)CC1. The predicted molar refractivity (Wildman–Crippen MR) is 72.2 cm³/mol. The molecule has 0 bridgehead atoms. The standard InChI is InChI=1S/C14H25N3O/c1-3-12-4-7-14(18,8-5-12)10-15-11(2)13-6-9-16-17-13/h6,9,11-12,15,18H,3-5,7-8,10H2,1-2H3,(H,16,17). The molecule has 3 N–H and O–H groups in total. The summed E-state index contributed by atoms with van der Waals surface area (Å²) in [5.41, 5.74) is 0.556. The molecule has 4 heteroatoms. The van der Waals surface area contributed by atoms with Crippen molar-refractivity contribution in [3.63, 3.8) is 0 Å². The molecule has 1 saturated carbocycles. The van der Waals surface area contributed by atoms with Crippen LogP contribution in [0.25, 0.3) is 0 Å². The predicted octanol–water partition coefficient (Wildman–Crippen LogP) is 2.39. The Labute approximate surface area is 109 Å². The number of H-pyrrole nitrogens is 1. The third kappa shape index (κ3) is 3.33. The molecule has 0 aliphatic heterocycles. The fraction of sp³-hybridized carbons (Fsp3) is 0.786. The van der Waals surface area contributed by atoms with Crippen LogP contribution in [0.3, 0.4) is 0 Å². The quantitative estimate of drug-likeness (QED) is 0.753. The lowest BCUT2D eigenvalue weighted by molar-refractivity contribution is -0.0104. The second-order valence-corrected chi connectivity index (χ2v) is 5.69. The van der Waals surface area contributed by atoms with Crippen molar-refractivity contribution in [2.45, 2.75) is 57.6 Å². The highest BCUT2D eigenvalue weighted by atomic mass is 16.3. The van der Waals surface area contributed by atoms with Gasteiger partial charge < -0.3 is 10.4 Å². The van der Waals surface area contributed by atoms with E-state index in [9.17, 15) is 5.11 Å². The van der Waals surface area contributed by atoms with Gasteiger partial charge in [0.1, 0.15) is 0 Å². The fourth-order valence-electron chi connectivity index (χ4n) is 2.76. The Morgan fingerprint density at radius 3 is 2.83 bits per heavy atom. The van der Waals surface area contributed by atoms with Crippen LogP contribution in [0.1, 0.15) is 57.7 Å². The van der Waals surface area contributed by atoms with E-state index >= 15 is 0 Å². The smallest absolute Gasteiger partial charge is 0.0772 e. The summed E-state index contributed by atoms with van der Waals surface area (Å²) in [6, 6.07) is 2.18. The number of rotatable bonds is 5. The van der Waals surface area contributed by atoms with Crippen molar-refractivity contribution in [2.75, 3.05) is 6.54 Å². The van der Waals surface area contributed by atoms with Gasteiger partial charge in [-0.15, -0.1) is 0 Å². The van der Waals surface area contributed by atoms with Crippen molar-refractivity contribution in [2.24, 2.45) is 5.92 Å². The summed E-state index contributed by atoms with van der Waals surface area (Å²) in [6.07, 6.45) is 7.17. The molecule has 0 saturated heterocycles. The number of hydrogen-bond acceptors (Lipinski definition) is 3. The molecular formula is C14H25N3O. The van der Waals surface area contributed by atoms with Crippen molar-refractivity contribution in [3.8, 4) is 0 Å². The molecule has 102 valence electrons. The lowest BCUT2D eigenvalue weighted by Crippen LogP contribution is -2.44. The first kappa shape index (κ1) is 13.6. The van der Waals surface area contributed by atoms with Crippen molar-refractivity contribution in [1.82, 2.24) is 15.5 Å². The first-order chi connectivity index (χ1) is 8.63. The molecule has 18 heavy (non-hydrogen) atoms. The molecule has 1 heterocycles. The summed E-state index contributed by atoms with van der Waals surface area (Å²) < 4.78 is 0. The third-order valence-electron chi connectivity index (χ3n) is 4.34. The maximum Gasteiger partial charge on any atom is 0.0772 e. The van der Waals surface area contributed by atoms with Crippen molar-refractivity contribution >= 4 is 0 Å². The molecule has 0 amide bonds. The average Bonchev–Trinajstić information content (AvgIpc) is 2.91. The van der Waals surface area contributed by atoms with E-state index in [0.717, 1.165) is 37.3 Å². The minimum Gasteiger partial charge on any atom is -0.389 e. The summed E-state index contributed by atoms with van der Waals surface area (Å²) in [5.74, 6) is 0.815. The molecule has 0 aromatic carbocycles. The van der Waals surface area contributed by atoms with Gasteiger partial charge in [0.25, 0.3) is 0 Å². The van der Waals surface area contributed by atoms with Gasteiger partial charge in [0.05, 0.1) is 11.3 Å². The Bertz CT molecular complexity index is 342. The number of aliphatic hydroxyl groups is 1. The Balaban J connectivity index is 1.79. The molecule has 1 aromatic rings. The van der Waals surface area contributed by atoms with Crippen LogP contribution in [0.15, 0.2) is 12.3 Å². The topological polar surface area (TPSA) is 60.9 Å². The van der Waals surface area contributed by atoms with Gasteiger partial charge in [-0.25, -0.2) is 0 Å². The van der Waals surface area contributed by atoms with E-state index in [2.05, 4.69) is 29.4 Å². The Hall–Kier alpha value is -0.870. The van der Waals surface area contributed by atoms with Crippen molar-refractivity contribution in [1.29, 1.82) is 0 Å². The summed E-state index contributed by atoms with van der Waals surface area (Å²) in [5, 5.41) is 20.9. The van der Waals surface area contributed by atoms with Gasteiger partial charge in [-0.2, -0.15) is 5.10 Å². The highest BCUT2D eigenvalue weighted by Crippen LogP contribution is 2.33. The van der Waals surface area contributed by atoms with Crippen LogP contribution in [-0.4, -0.2) is 27.4 Å². The van der Waals surface area contributed by atoms with Gasteiger partial charge in [-0.1, -0.05) is 13.3 Å². The van der Waals surface area contributed by atoms with Gasteiger partial charge in [0.15, 0.2) is 0 Å². The zero-order valence-corrected chi connectivity index (χ0v) is 11.4. The molecule has 1 aliphatic rings. The first-order valence-corrected chi connectivity index (χ1v) is 7.08. The summed E-state index contributed by atoms with van der Waals surface area (Å²) in [4.78, 5) is 0. The van der Waals surface area contributed by atoms with Crippen LogP contribution >= 0.6 is 0 Å². The summed E-state index contributed by atoms with van der Waals surface area (Å²) in [6.45, 7) is 5.01. The maximum atomic E-state index is 10.5. The van der Waals surface area contributed by atoms with E-state index in [1.165, 1.54) is 6.42 Å². The highest BCUT2D eigenvalue weighted by Gasteiger charge is 2.32. The van der Waals surface area contributed by atoms with E-state index in [4.69, 9.17) is 0 Å². The number of hydrogen-bond donors (Lipinski definition) is 3. The van der Waals surface area contributed by atoms with Crippen molar-refractivity contribution in [3.05, 3.63) is 18.0 Å². The molecule has 0 radical (unpaired) electrons. The van der Waals surface area contributed by atoms with Crippen LogP contribution in [0.5, 0.6) is 0 Å². The maximum absolute atomic E-state index is 10.5. The molecule has 1 aromatic heterocycles. The summed E-state index contributed by atoms with van der Waals surface area (Å²) in [7, 11) is 0. The minimum absolute atomic E-state index is 0.209. The normalized spacial score (nSPS) is 30.3. The van der Waals surface area contributed by atoms with Crippen LogP contribution in [0.4, 0.5) is 0 Å². The summed E-state index contributed by atoms with van der Waals surface area (Å²) >= 11 is 0. The van der Waals surface area contributed by atoms with Crippen LogP contribution < -0.4 is 5.32 Å². The average molecular weight is 251 g/mol. The molecule has 1 unspecified atom stereocenters. The van der Waals surface area contributed by atoms with E-state index in [1.807, 2.05) is 6.07 Å². The second kappa shape index (κ2) is 5.85. The Morgan fingerprint density at radius 1 is 1.56 bits per heavy atom. The Morgan fingerprint density at radius 2 is 2.28 bits per heavy atom. The van der Waals surface area contributed by atoms with Crippen molar-refractivity contribution < 1.29 is 5.11 Å². The lowest BCUT2D eigenvalue weighted by Gasteiger charge is -2.36. The Kier molecular flexibility index (Phi) is 4.40. The minimum atomic E-state index is -0.514. The largest absolute Gasteiger partial charge is 0.389 e. The molecule has 1 atom stereocenters. The fourth-order valence-corrected chi connectivity index (χ4v) is 2.76. The first-order valence-electron chi connectivity index (χ1n) is 7.08. The zero-order chi connectivity index (χ0) is 13.0. The van der Waals surface area contributed by atoms with E-state index in [1.54, 1.807) is 6.20 Å². The van der Waals surface area contributed by atoms with Crippen LogP contribution in [0, 0.1) is 5.92 Å². The van der Waals surface area contributed by atoms with Gasteiger partial charge in [0, 0.05) is 18.8 Å². The molecule has 4 nitrogen and oxygen atoms in total. The number of aromatic amines is 1. The van der Waals surface area contributed by atoms with E-state index in [-0.39, 0.29) is 6.04 Å². The lowest BCUT2D eigenvalue weighted by atomic mass is 9.78. The third-order valence-corrected chi connectivity index (χ3v) is 4.34. The van der Waals surface area contributed by atoms with Gasteiger partial charge in [-0.3, -0.25) is 5.10 Å². The van der Waals surface area contributed by atoms with Gasteiger partial charge in [-0.05, 0) is 44.6 Å². The second-order valence-electron chi connectivity index (χ2n) is 5.69. The molecular weight excluding hydrogens is 226 g/mol. The molecule has 0 spiro atoms. The van der Waals surface area contributed by atoms with Crippen LogP contribution in [-0.2, 0) is 0 Å². The van der Waals surface area contributed by atoms with E-state index in [0.29, 0.717) is 6.54 Å². The number of aromatic nitrogens is 2. The highest BCUT2D eigenvalue weighted by molar-refractivity contribution is 5.03. The molecule has 2 rings (SSSR count). The number of nitrogens with zero attached hydrogens (tertiary/aromatic N) is 1. The van der Waals surface area contributed by atoms with Crippen LogP contribution in [0.2, 0.25) is 0 Å². The molecule has 1 aliphatic carbocycles. The zero-order valence-electron chi connectivity index (χ0n) is 11.4. The monoisotopic (exact) mass is 251 g/mol.